The highest BCUT2D eigenvalue weighted by Gasteiger charge is 2.03. The molecule has 1 aromatic carbocycles. The maximum atomic E-state index is 11.4. The van der Waals surface area contributed by atoms with Gasteiger partial charge in [0.2, 0.25) is 0 Å². The fourth-order valence-corrected chi connectivity index (χ4v) is 1.60. The molecule has 5 heteroatoms. The van der Waals surface area contributed by atoms with Crippen LogP contribution >= 0.6 is 15.9 Å². The third kappa shape index (κ3) is 5.01. The number of rotatable bonds is 4. The number of aliphatic hydroxyl groups is 1. The van der Waals surface area contributed by atoms with Gasteiger partial charge in [0.1, 0.15) is 0 Å². The molecule has 92 valence electrons. The molecule has 0 bridgehead atoms. The average molecular weight is 299 g/mol. The van der Waals surface area contributed by atoms with Gasteiger partial charge in [-0.25, -0.2) is 4.79 Å². The second-order valence-electron chi connectivity index (χ2n) is 3.48. The Morgan fingerprint density at radius 1 is 1.59 bits per heavy atom. The Balaban J connectivity index is 2.47. The molecular formula is C12H15BrN2O2. The van der Waals surface area contributed by atoms with Crippen molar-refractivity contribution >= 4 is 28.0 Å². The molecular weight excluding hydrogens is 284 g/mol. The summed E-state index contributed by atoms with van der Waals surface area (Å²) in [5, 5.41) is 11.3. The van der Waals surface area contributed by atoms with E-state index < -0.39 is 0 Å². The Morgan fingerprint density at radius 2 is 2.35 bits per heavy atom. The first-order valence-electron chi connectivity index (χ1n) is 5.18. The standard InChI is InChI=1S/C12H15BrN2O2/c1-15(7-8-16)12(17)14-6-5-10-3-2-4-11(13)9-10/h2-6,9,16H,7-8H2,1H3,(H,14,17)/b6-5+. The van der Waals surface area contributed by atoms with E-state index in [1.807, 2.05) is 24.3 Å². The summed E-state index contributed by atoms with van der Waals surface area (Å²) in [4.78, 5) is 12.8. The summed E-state index contributed by atoms with van der Waals surface area (Å²) < 4.78 is 0.989. The Hall–Kier alpha value is -1.33. The number of likely N-dealkylation sites (N-methyl/N-ethyl adjacent to an activating group) is 1. The first-order chi connectivity index (χ1) is 8.13. The fraction of sp³-hybridized carbons (Fsp3) is 0.250. The maximum absolute atomic E-state index is 11.4. The van der Waals surface area contributed by atoms with Gasteiger partial charge in [-0.1, -0.05) is 28.1 Å². The molecule has 0 aliphatic carbocycles. The first-order valence-corrected chi connectivity index (χ1v) is 5.97. The van der Waals surface area contributed by atoms with Crippen molar-refractivity contribution in [2.24, 2.45) is 0 Å². The molecule has 0 saturated carbocycles. The topological polar surface area (TPSA) is 52.6 Å². The SMILES string of the molecule is CN(CCO)C(=O)N/C=C/c1cccc(Br)c1. The lowest BCUT2D eigenvalue weighted by molar-refractivity contribution is 0.194. The summed E-state index contributed by atoms with van der Waals surface area (Å²) in [6.07, 6.45) is 3.38. The maximum Gasteiger partial charge on any atom is 0.321 e. The smallest absolute Gasteiger partial charge is 0.321 e. The molecule has 0 saturated heterocycles. The third-order valence-electron chi connectivity index (χ3n) is 2.11. The number of urea groups is 1. The van der Waals surface area contributed by atoms with Crippen molar-refractivity contribution in [1.29, 1.82) is 0 Å². The Morgan fingerprint density at radius 3 is 3.00 bits per heavy atom. The van der Waals surface area contributed by atoms with Crippen LogP contribution in [0.5, 0.6) is 0 Å². The number of hydrogen-bond donors (Lipinski definition) is 2. The Bertz CT molecular complexity index is 407. The van der Waals surface area contributed by atoms with Crippen LogP contribution in [0.4, 0.5) is 4.79 Å². The normalized spacial score (nSPS) is 10.5. The van der Waals surface area contributed by atoms with Gasteiger partial charge >= 0.3 is 6.03 Å². The van der Waals surface area contributed by atoms with Crippen molar-refractivity contribution in [3.63, 3.8) is 0 Å². The number of hydrogen-bond acceptors (Lipinski definition) is 2. The highest BCUT2D eigenvalue weighted by molar-refractivity contribution is 9.10. The van der Waals surface area contributed by atoms with E-state index in [4.69, 9.17) is 5.11 Å². The van der Waals surface area contributed by atoms with E-state index in [-0.39, 0.29) is 12.6 Å². The van der Waals surface area contributed by atoms with E-state index in [0.717, 1.165) is 10.0 Å². The molecule has 2 amide bonds. The lowest BCUT2D eigenvalue weighted by Crippen LogP contribution is -2.36. The molecule has 4 nitrogen and oxygen atoms in total. The second kappa shape index (κ2) is 7.09. The summed E-state index contributed by atoms with van der Waals surface area (Å²) in [5.41, 5.74) is 0.990. The van der Waals surface area contributed by atoms with Crippen LogP contribution in [0.2, 0.25) is 0 Å². The van der Waals surface area contributed by atoms with Crippen molar-refractivity contribution in [2.45, 2.75) is 0 Å². The van der Waals surface area contributed by atoms with Crippen molar-refractivity contribution in [3.05, 3.63) is 40.5 Å². The minimum Gasteiger partial charge on any atom is -0.395 e. The Labute approximate surface area is 109 Å². The van der Waals surface area contributed by atoms with E-state index in [1.54, 1.807) is 19.3 Å². The van der Waals surface area contributed by atoms with Crippen molar-refractivity contribution < 1.29 is 9.90 Å². The van der Waals surface area contributed by atoms with Crippen LogP contribution < -0.4 is 5.32 Å². The number of amides is 2. The van der Waals surface area contributed by atoms with Crippen LogP contribution in [0.15, 0.2) is 34.9 Å². The quantitative estimate of drug-likeness (QED) is 0.894. The predicted octanol–water partition coefficient (Wildman–Crippen LogP) is 2.05. The Kier molecular flexibility index (Phi) is 5.72. The molecule has 0 unspecified atom stereocenters. The van der Waals surface area contributed by atoms with Crippen LogP contribution in [-0.4, -0.2) is 36.2 Å². The van der Waals surface area contributed by atoms with E-state index in [0.29, 0.717) is 6.54 Å². The van der Waals surface area contributed by atoms with Gasteiger partial charge in [0.15, 0.2) is 0 Å². The highest BCUT2D eigenvalue weighted by atomic mass is 79.9. The molecule has 0 heterocycles. The monoisotopic (exact) mass is 298 g/mol. The van der Waals surface area contributed by atoms with E-state index in [9.17, 15) is 4.79 Å². The molecule has 0 fully saturated rings. The van der Waals surface area contributed by atoms with Crippen molar-refractivity contribution in [2.75, 3.05) is 20.2 Å². The minimum atomic E-state index is -0.245. The van der Waals surface area contributed by atoms with E-state index >= 15 is 0 Å². The van der Waals surface area contributed by atoms with Gasteiger partial charge in [0, 0.05) is 24.3 Å². The van der Waals surface area contributed by atoms with Crippen LogP contribution in [0.1, 0.15) is 5.56 Å². The molecule has 1 rings (SSSR count). The number of carbonyl (C=O) groups is 1. The van der Waals surface area contributed by atoms with Gasteiger partial charge in [-0.3, -0.25) is 0 Å². The molecule has 0 atom stereocenters. The predicted molar refractivity (Wildman–Crippen MR) is 71.4 cm³/mol. The molecule has 2 N–H and O–H groups in total. The number of benzene rings is 1. The van der Waals surface area contributed by atoms with Crippen LogP contribution in [0, 0.1) is 0 Å². The lowest BCUT2D eigenvalue weighted by atomic mass is 10.2. The summed E-state index contributed by atoms with van der Waals surface area (Å²) in [6.45, 7) is 0.274. The van der Waals surface area contributed by atoms with Crippen molar-refractivity contribution in [1.82, 2.24) is 10.2 Å². The summed E-state index contributed by atoms with van der Waals surface area (Å²) in [7, 11) is 1.62. The number of nitrogens with zero attached hydrogens (tertiary/aromatic N) is 1. The van der Waals surface area contributed by atoms with Crippen LogP contribution in [-0.2, 0) is 0 Å². The second-order valence-corrected chi connectivity index (χ2v) is 4.40. The number of carbonyl (C=O) groups excluding carboxylic acids is 1. The van der Waals surface area contributed by atoms with E-state index in [1.165, 1.54) is 4.90 Å². The van der Waals surface area contributed by atoms with Gasteiger partial charge in [-0.05, 0) is 23.8 Å². The van der Waals surface area contributed by atoms with Gasteiger partial charge in [-0.2, -0.15) is 0 Å². The molecule has 0 radical (unpaired) electrons. The fourth-order valence-electron chi connectivity index (χ4n) is 1.18. The summed E-state index contributed by atoms with van der Waals surface area (Å²) >= 11 is 3.37. The van der Waals surface area contributed by atoms with Crippen LogP contribution in [0.3, 0.4) is 0 Å². The number of halogens is 1. The van der Waals surface area contributed by atoms with Crippen molar-refractivity contribution in [3.8, 4) is 0 Å². The molecule has 0 aromatic heterocycles. The molecule has 0 spiro atoms. The molecule has 0 aliphatic heterocycles. The van der Waals surface area contributed by atoms with Gasteiger partial charge < -0.3 is 15.3 Å². The van der Waals surface area contributed by atoms with Gasteiger partial charge in [0.05, 0.1) is 6.61 Å². The highest BCUT2D eigenvalue weighted by Crippen LogP contribution is 2.12. The molecule has 1 aromatic rings. The molecule has 0 aliphatic rings. The van der Waals surface area contributed by atoms with Gasteiger partial charge in [-0.15, -0.1) is 0 Å². The zero-order valence-electron chi connectivity index (χ0n) is 9.56. The number of aliphatic hydroxyl groups excluding tert-OH is 1. The van der Waals surface area contributed by atoms with Gasteiger partial charge in [0.25, 0.3) is 0 Å². The number of nitrogens with one attached hydrogen (secondary N) is 1. The lowest BCUT2D eigenvalue weighted by Gasteiger charge is -2.14. The summed E-state index contributed by atoms with van der Waals surface area (Å²) in [6, 6.07) is 7.49. The average Bonchev–Trinajstić information content (AvgIpc) is 2.29. The molecule has 17 heavy (non-hydrogen) atoms. The summed E-state index contributed by atoms with van der Waals surface area (Å²) in [5.74, 6) is 0. The zero-order valence-corrected chi connectivity index (χ0v) is 11.1. The zero-order chi connectivity index (χ0) is 12.7. The van der Waals surface area contributed by atoms with Crippen LogP contribution in [0.25, 0.3) is 6.08 Å². The first kappa shape index (κ1) is 13.7. The van der Waals surface area contributed by atoms with E-state index in [2.05, 4.69) is 21.2 Å². The third-order valence-corrected chi connectivity index (χ3v) is 2.61. The minimum absolute atomic E-state index is 0.0424. The largest absolute Gasteiger partial charge is 0.395 e.